The maximum atomic E-state index is 13.4. The average Bonchev–Trinajstić information content (AvgIpc) is 2.62. The number of aliphatic hydroxyl groups excluding tert-OH is 1. The van der Waals surface area contributed by atoms with Gasteiger partial charge in [-0.2, -0.15) is 13.2 Å². The van der Waals surface area contributed by atoms with E-state index < -0.39 is 18.0 Å². The van der Waals surface area contributed by atoms with Crippen LogP contribution in [0.2, 0.25) is 0 Å². The first kappa shape index (κ1) is 20.4. The SMILES string of the molecule is CN=C(NCc1ccc(F)c(CO)c1)N1CCN(C(C)C(F)(F)F)CC1. The summed E-state index contributed by atoms with van der Waals surface area (Å²) in [5, 5.41) is 12.3. The van der Waals surface area contributed by atoms with Crippen LogP contribution in [-0.2, 0) is 13.2 Å². The molecule has 9 heteroatoms. The number of benzene rings is 1. The van der Waals surface area contributed by atoms with E-state index in [2.05, 4.69) is 10.3 Å². The van der Waals surface area contributed by atoms with Gasteiger partial charge in [-0.15, -0.1) is 0 Å². The van der Waals surface area contributed by atoms with E-state index in [4.69, 9.17) is 5.11 Å². The summed E-state index contributed by atoms with van der Waals surface area (Å²) in [5.41, 5.74) is 0.995. The Balaban J connectivity index is 1.90. The minimum Gasteiger partial charge on any atom is -0.392 e. The first-order valence-electron chi connectivity index (χ1n) is 8.40. The molecule has 0 amide bonds. The number of aliphatic imine (C=N–C) groups is 1. The third-order valence-electron chi connectivity index (χ3n) is 4.58. The van der Waals surface area contributed by atoms with Gasteiger partial charge < -0.3 is 15.3 Å². The van der Waals surface area contributed by atoms with Crippen LogP contribution in [-0.4, -0.2) is 66.3 Å². The first-order valence-corrected chi connectivity index (χ1v) is 8.40. The van der Waals surface area contributed by atoms with E-state index in [1.165, 1.54) is 17.9 Å². The topological polar surface area (TPSA) is 51.1 Å². The van der Waals surface area contributed by atoms with E-state index in [0.29, 0.717) is 38.7 Å². The molecule has 0 bridgehead atoms. The van der Waals surface area contributed by atoms with Crippen molar-refractivity contribution in [2.45, 2.75) is 32.3 Å². The van der Waals surface area contributed by atoms with Crippen LogP contribution in [0.3, 0.4) is 0 Å². The Morgan fingerprint density at radius 2 is 1.92 bits per heavy atom. The second kappa shape index (κ2) is 8.68. The lowest BCUT2D eigenvalue weighted by Gasteiger charge is -2.39. The van der Waals surface area contributed by atoms with E-state index in [1.807, 2.05) is 4.90 Å². The first-order chi connectivity index (χ1) is 12.3. The predicted molar refractivity (Wildman–Crippen MR) is 91.2 cm³/mol. The van der Waals surface area contributed by atoms with Crippen LogP contribution in [0, 0.1) is 5.82 Å². The highest BCUT2D eigenvalue weighted by Gasteiger charge is 2.41. The van der Waals surface area contributed by atoms with E-state index in [1.54, 1.807) is 19.2 Å². The normalized spacial score (nSPS) is 18.1. The number of alkyl halides is 3. The van der Waals surface area contributed by atoms with Crippen molar-refractivity contribution in [1.29, 1.82) is 0 Å². The quantitative estimate of drug-likeness (QED) is 0.479. The molecule has 0 saturated carbocycles. The molecule has 1 unspecified atom stereocenters. The van der Waals surface area contributed by atoms with Gasteiger partial charge in [0.15, 0.2) is 5.96 Å². The monoisotopic (exact) mass is 376 g/mol. The lowest BCUT2D eigenvalue weighted by atomic mass is 10.1. The van der Waals surface area contributed by atoms with Crippen LogP contribution in [0.15, 0.2) is 23.2 Å². The summed E-state index contributed by atoms with van der Waals surface area (Å²) in [4.78, 5) is 7.49. The van der Waals surface area contributed by atoms with Crippen molar-refractivity contribution in [1.82, 2.24) is 15.1 Å². The summed E-state index contributed by atoms with van der Waals surface area (Å²) in [6.45, 7) is 2.64. The van der Waals surface area contributed by atoms with Crippen LogP contribution >= 0.6 is 0 Å². The van der Waals surface area contributed by atoms with Gasteiger partial charge in [-0.05, 0) is 24.6 Å². The Morgan fingerprint density at radius 3 is 2.46 bits per heavy atom. The van der Waals surface area contributed by atoms with Gasteiger partial charge in [-0.25, -0.2) is 4.39 Å². The predicted octanol–water partition coefficient (Wildman–Crippen LogP) is 1.96. The molecule has 1 aromatic carbocycles. The largest absolute Gasteiger partial charge is 0.403 e. The molecule has 1 atom stereocenters. The summed E-state index contributed by atoms with van der Waals surface area (Å²) in [6.07, 6.45) is -4.23. The Hall–Kier alpha value is -1.87. The molecule has 1 aromatic rings. The Kier molecular flexibility index (Phi) is 6.82. The van der Waals surface area contributed by atoms with Crippen molar-refractivity contribution in [2.24, 2.45) is 4.99 Å². The van der Waals surface area contributed by atoms with Crippen molar-refractivity contribution in [3.8, 4) is 0 Å². The maximum Gasteiger partial charge on any atom is 0.403 e. The van der Waals surface area contributed by atoms with Crippen LogP contribution in [0.25, 0.3) is 0 Å². The number of guanidine groups is 1. The van der Waals surface area contributed by atoms with Crippen molar-refractivity contribution in [2.75, 3.05) is 33.2 Å². The molecule has 0 spiro atoms. The fourth-order valence-electron chi connectivity index (χ4n) is 2.90. The second-order valence-electron chi connectivity index (χ2n) is 6.23. The zero-order chi connectivity index (χ0) is 19.3. The third kappa shape index (κ3) is 5.07. The number of hydrogen-bond acceptors (Lipinski definition) is 3. The number of piperazine rings is 1. The van der Waals surface area contributed by atoms with E-state index in [9.17, 15) is 17.6 Å². The molecule has 1 heterocycles. The summed E-state index contributed by atoms with van der Waals surface area (Å²) < 4.78 is 51.9. The standard InChI is InChI=1S/C17H24F4N4O/c1-12(17(19,20)21)24-5-7-25(8-6-24)16(22-2)23-10-13-3-4-15(18)14(9-13)11-26/h3-4,9,12,26H,5-8,10-11H2,1-2H3,(H,22,23). The summed E-state index contributed by atoms with van der Waals surface area (Å²) in [7, 11) is 1.61. The minimum absolute atomic E-state index is 0.217. The fraction of sp³-hybridized carbons (Fsp3) is 0.588. The van der Waals surface area contributed by atoms with E-state index in [-0.39, 0.29) is 12.2 Å². The summed E-state index contributed by atoms with van der Waals surface area (Å²) in [6, 6.07) is 3.01. The molecule has 0 radical (unpaired) electrons. The number of rotatable bonds is 4. The third-order valence-corrected chi connectivity index (χ3v) is 4.58. The minimum atomic E-state index is -4.23. The number of nitrogens with zero attached hydrogens (tertiary/aromatic N) is 3. The van der Waals surface area contributed by atoms with Crippen LogP contribution < -0.4 is 5.32 Å². The number of aliphatic hydroxyl groups is 1. The Labute approximate surface area is 150 Å². The van der Waals surface area contributed by atoms with Gasteiger partial charge in [0.2, 0.25) is 0 Å². The molecule has 146 valence electrons. The van der Waals surface area contributed by atoms with Gasteiger partial charge in [0.1, 0.15) is 11.9 Å². The molecular formula is C17H24F4N4O. The van der Waals surface area contributed by atoms with Gasteiger partial charge in [0.25, 0.3) is 0 Å². The number of halogens is 4. The molecule has 1 aliphatic heterocycles. The molecule has 1 fully saturated rings. The van der Waals surface area contributed by atoms with Gasteiger partial charge in [-0.1, -0.05) is 6.07 Å². The average molecular weight is 376 g/mol. The fourth-order valence-corrected chi connectivity index (χ4v) is 2.90. The van der Waals surface area contributed by atoms with Gasteiger partial charge in [-0.3, -0.25) is 9.89 Å². The maximum absolute atomic E-state index is 13.4. The molecule has 1 saturated heterocycles. The Bertz CT molecular complexity index is 628. The van der Waals surface area contributed by atoms with Crippen LogP contribution in [0.4, 0.5) is 17.6 Å². The molecule has 2 rings (SSSR count). The molecule has 26 heavy (non-hydrogen) atoms. The van der Waals surface area contributed by atoms with Gasteiger partial charge >= 0.3 is 6.18 Å². The lowest BCUT2D eigenvalue weighted by molar-refractivity contribution is -0.181. The highest BCUT2D eigenvalue weighted by Crippen LogP contribution is 2.25. The molecule has 0 aromatic heterocycles. The lowest BCUT2D eigenvalue weighted by Crippen LogP contribution is -2.56. The molecule has 0 aliphatic carbocycles. The van der Waals surface area contributed by atoms with Crippen LogP contribution in [0.1, 0.15) is 18.1 Å². The zero-order valence-corrected chi connectivity index (χ0v) is 14.9. The van der Waals surface area contributed by atoms with Crippen molar-refractivity contribution in [3.63, 3.8) is 0 Å². The van der Waals surface area contributed by atoms with Crippen molar-refractivity contribution >= 4 is 5.96 Å². The van der Waals surface area contributed by atoms with E-state index in [0.717, 1.165) is 5.56 Å². The van der Waals surface area contributed by atoms with Crippen LogP contribution in [0.5, 0.6) is 0 Å². The number of hydrogen-bond donors (Lipinski definition) is 2. The number of nitrogens with one attached hydrogen (secondary N) is 1. The Morgan fingerprint density at radius 1 is 1.27 bits per heavy atom. The highest BCUT2D eigenvalue weighted by atomic mass is 19.4. The van der Waals surface area contributed by atoms with Crippen molar-refractivity contribution < 1.29 is 22.7 Å². The smallest absolute Gasteiger partial charge is 0.392 e. The highest BCUT2D eigenvalue weighted by molar-refractivity contribution is 5.80. The molecule has 5 nitrogen and oxygen atoms in total. The van der Waals surface area contributed by atoms with Crippen molar-refractivity contribution in [3.05, 3.63) is 35.1 Å². The van der Waals surface area contributed by atoms with Gasteiger partial charge in [0, 0.05) is 45.3 Å². The van der Waals surface area contributed by atoms with Gasteiger partial charge in [0.05, 0.1) is 6.61 Å². The zero-order valence-electron chi connectivity index (χ0n) is 14.9. The molecular weight excluding hydrogens is 352 g/mol. The summed E-state index contributed by atoms with van der Waals surface area (Å²) >= 11 is 0. The second-order valence-corrected chi connectivity index (χ2v) is 6.23. The van der Waals surface area contributed by atoms with E-state index >= 15 is 0 Å². The summed E-state index contributed by atoms with van der Waals surface area (Å²) in [5.74, 6) is 0.120. The molecule has 1 aliphatic rings. The molecule has 2 N–H and O–H groups in total.